The molecule has 6 heteroatoms. The van der Waals surface area contributed by atoms with E-state index in [0.29, 0.717) is 23.6 Å². The second kappa shape index (κ2) is 6.81. The summed E-state index contributed by atoms with van der Waals surface area (Å²) < 4.78 is 5.15. The number of likely N-dealkylation sites (N-methyl/N-ethyl adjacent to an activating group) is 1. The number of methoxy groups -OCH3 is 1. The number of nitrogens with zero attached hydrogens (tertiary/aromatic N) is 3. The number of rotatable bonds is 6. The van der Waals surface area contributed by atoms with Crippen LogP contribution in [-0.4, -0.2) is 40.1 Å². The van der Waals surface area contributed by atoms with E-state index >= 15 is 0 Å². The van der Waals surface area contributed by atoms with Crippen LogP contribution in [0.1, 0.15) is 17.3 Å². The van der Waals surface area contributed by atoms with Crippen LogP contribution in [0.3, 0.4) is 0 Å². The highest BCUT2D eigenvalue weighted by Crippen LogP contribution is 2.24. The number of benzene rings is 1. The molecule has 1 aromatic heterocycles. The Bertz CT molecular complexity index is 604. The lowest BCUT2D eigenvalue weighted by Crippen LogP contribution is -2.30. The van der Waals surface area contributed by atoms with Crippen molar-refractivity contribution in [3.8, 4) is 5.75 Å². The molecule has 6 nitrogen and oxygen atoms in total. The summed E-state index contributed by atoms with van der Waals surface area (Å²) >= 11 is 0. The maximum Gasteiger partial charge on any atom is 0.325 e. The predicted molar refractivity (Wildman–Crippen MR) is 76.9 cm³/mol. The molecule has 1 heterocycles. The van der Waals surface area contributed by atoms with E-state index in [1.54, 1.807) is 61.9 Å². The summed E-state index contributed by atoms with van der Waals surface area (Å²) in [7, 11) is 3.30. The third-order valence-electron chi connectivity index (χ3n) is 3.11. The minimum absolute atomic E-state index is 0.391. The Morgan fingerprint density at radius 1 is 1.43 bits per heavy atom. The van der Waals surface area contributed by atoms with E-state index < -0.39 is 12.0 Å². The number of ether oxygens (including phenoxy) is 1. The molecular weight excluding hydrogens is 270 g/mol. The van der Waals surface area contributed by atoms with Gasteiger partial charge in [-0.2, -0.15) is 0 Å². The van der Waals surface area contributed by atoms with Gasteiger partial charge in [-0.3, -0.25) is 19.7 Å². The van der Waals surface area contributed by atoms with Gasteiger partial charge in [0.1, 0.15) is 11.8 Å². The summed E-state index contributed by atoms with van der Waals surface area (Å²) in [5, 5.41) is 9.52. The molecule has 110 valence electrons. The number of carboxylic acid groups (broad SMARTS) is 1. The fourth-order valence-electron chi connectivity index (χ4n) is 2.16. The van der Waals surface area contributed by atoms with E-state index in [4.69, 9.17) is 4.74 Å². The maximum atomic E-state index is 11.6. The molecule has 0 aliphatic heterocycles. The van der Waals surface area contributed by atoms with Crippen LogP contribution in [0.5, 0.6) is 5.75 Å². The maximum absolute atomic E-state index is 11.6. The lowest BCUT2D eigenvalue weighted by atomic mass is 10.1. The topological polar surface area (TPSA) is 75.6 Å². The van der Waals surface area contributed by atoms with Gasteiger partial charge < -0.3 is 9.84 Å². The van der Waals surface area contributed by atoms with Crippen molar-refractivity contribution in [2.24, 2.45) is 0 Å². The zero-order valence-corrected chi connectivity index (χ0v) is 11.9. The van der Waals surface area contributed by atoms with Gasteiger partial charge in [0.25, 0.3) is 0 Å². The highest BCUT2D eigenvalue weighted by atomic mass is 16.5. The minimum Gasteiger partial charge on any atom is -0.497 e. The Labute approximate surface area is 123 Å². The molecule has 1 N–H and O–H groups in total. The number of aromatic nitrogens is 2. The Hall–Kier alpha value is -2.47. The van der Waals surface area contributed by atoms with Gasteiger partial charge in [0.05, 0.1) is 12.8 Å². The second-order valence-electron chi connectivity index (χ2n) is 4.63. The van der Waals surface area contributed by atoms with Crippen LogP contribution >= 0.6 is 0 Å². The molecule has 0 fully saturated rings. The lowest BCUT2D eigenvalue weighted by Gasteiger charge is -2.24. The van der Waals surface area contributed by atoms with Crippen molar-refractivity contribution in [2.75, 3.05) is 14.2 Å². The van der Waals surface area contributed by atoms with Crippen LogP contribution in [0.2, 0.25) is 0 Å². The van der Waals surface area contributed by atoms with E-state index in [2.05, 4.69) is 9.97 Å². The highest BCUT2D eigenvalue weighted by molar-refractivity contribution is 5.75. The van der Waals surface area contributed by atoms with Gasteiger partial charge in [0, 0.05) is 25.1 Å². The molecule has 21 heavy (non-hydrogen) atoms. The predicted octanol–water partition coefficient (Wildman–Crippen LogP) is 1.74. The third-order valence-corrected chi connectivity index (χ3v) is 3.11. The van der Waals surface area contributed by atoms with E-state index in [9.17, 15) is 9.90 Å². The number of hydrogen-bond acceptors (Lipinski definition) is 5. The van der Waals surface area contributed by atoms with Gasteiger partial charge in [-0.05, 0) is 24.7 Å². The average molecular weight is 287 g/mol. The molecule has 0 radical (unpaired) electrons. The van der Waals surface area contributed by atoms with Crippen molar-refractivity contribution in [3.05, 3.63) is 54.1 Å². The minimum atomic E-state index is -0.922. The van der Waals surface area contributed by atoms with Crippen molar-refractivity contribution < 1.29 is 14.6 Å². The Balaban J connectivity index is 2.23. The SMILES string of the molecule is COc1cccc(C(C(=O)O)N(C)Cc2cnccn2)c1. The first kappa shape index (κ1) is 14.9. The molecule has 1 aromatic carbocycles. The number of aliphatic carboxylic acids is 1. The smallest absolute Gasteiger partial charge is 0.325 e. The van der Waals surface area contributed by atoms with Crippen LogP contribution in [0.15, 0.2) is 42.9 Å². The number of carbonyl (C=O) groups is 1. The van der Waals surface area contributed by atoms with Crippen molar-refractivity contribution in [1.29, 1.82) is 0 Å². The largest absolute Gasteiger partial charge is 0.497 e. The number of hydrogen-bond donors (Lipinski definition) is 1. The van der Waals surface area contributed by atoms with E-state index in [1.807, 2.05) is 0 Å². The molecule has 1 unspecified atom stereocenters. The molecule has 0 spiro atoms. The summed E-state index contributed by atoms with van der Waals surface area (Å²) in [6.45, 7) is 0.391. The normalized spacial score (nSPS) is 12.1. The molecule has 1 atom stereocenters. The molecule has 0 amide bonds. The summed E-state index contributed by atoms with van der Waals surface area (Å²) in [5.41, 5.74) is 1.38. The Morgan fingerprint density at radius 3 is 2.86 bits per heavy atom. The van der Waals surface area contributed by atoms with Crippen molar-refractivity contribution in [1.82, 2.24) is 14.9 Å². The van der Waals surface area contributed by atoms with Crippen molar-refractivity contribution in [2.45, 2.75) is 12.6 Å². The molecule has 0 aliphatic carbocycles. The lowest BCUT2D eigenvalue weighted by molar-refractivity contribution is -0.143. The molecule has 0 aliphatic rings. The first-order valence-electron chi connectivity index (χ1n) is 6.43. The van der Waals surface area contributed by atoms with Crippen molar-refractivity contribution >= 4 is 5.97 Å². The monoisotopic (exact) mass is 287 g/mol. The van der Waals surface area contributed by atoms with E-state index in [-0.39, 0.29) is 0 Å². The zero-order valence-electron chi connectivity index (χ0n) is 11.9. The standard InChI is InChI=1S/C15H17N3O3/c1-18(10-12-9-16-6-7-17-12)14(15(19)20)11-4-3-5-13(8-11)21-2/h3-9,14H,10H2,1-2H3,(H,19,20). The quantitative estimate of drug-likeness (QED) is 0.872. The molecule has 2 rings (SSSR count). The summed E-state index contributed by atoms with van der Waals surface area (Å²) in [6.07, 6.45) is 4.80. The third kappa shape index (κ3) is 3.76. The fourth-order valence-corrected chi connectivity index (χ4v) is 2.16. The van der Waals surface area contributed by atoms with Crippen LogP contribution in [-0.2, 0) is 11.3 Å². The van der Waals surface area contributed by atoms with Crippen LogP contribution in [0.4, 0.5) is 0 Å². The van der Waals surface area contributed by atoms with Crippen LogP contribution < -0.4 is 4.74 Å². The van der Waals surface area contributed by atoms with Gasteiger partial charge >= 0.3 is 5.97 Å². The van der Waals surface area contributed by atoms with Crippen LogP contribution in [0.25, 0.3) is 0 Å². The van der Waals surface area contributed by atoms with Gasteiger partial charge in [-0.1, -0.05) is 12.1 Å². The summed E-state index contributed by atoms with van der Waals surface area (Å²) in [5.74, 6) is -0.290. The summed E-state index contributed by atoms with van der Waals surface area (Å²) in [6, 6.07) is 6.29. The summed E-state index contributed by atoms with van der Waals surface area (Å²) in [4.78, 5) is 21.5. The van der Waals surface area contributed by atoms with Gasteiger partial charge in [0.2, 0.25) is 0 Å². The Morgan fingerprint density at radius 2 is 2.24 bits per heavy atom. The molecular formula is C15H17N3O3. The van der Waals surface area contributed by atoms with Gasteiger partial charge in [-0.15, -0.1) is 0 Å². The molecule has 0 saturated carbocycles. The van der Waals surface area contributed by atoms with E-state index in [0.717, 1.165) is 0 Å². The van der Waals surface area contributed by atoms with Gasteiger partial charge in [-0.25, -0.2) is 0 Å². The average Bonchev–Trinajstić information content (AvgIpc) is 2.48. The second-order valence-corrected chi connectivity index (χ2v) is 4.63. The highest BCUT2D eigenvalue weighted by Gasteiger charge is 2.25. The fraction of sp³-hybridized carbons (Fsp3) is 0.267. The number of carboxylic acids is 1. The van der Waals surface area contributed by atoms with Gasteiger partial charge in [0.15, 0.2) is 0 Å². The first-order valence-corrected chi connectivity index (χ1v) is 6.43. The zero-order chi connectivity index (χ0) is 15.2. The van der Waals surface area contributed by atoms with Crippen molar-refractivity contribution in [3.63, 3.8) is 0 Å². The molecule has 2 aromatic rings. The Kier molecular flexibility index (Phi) is 4.84. The molecule has 0 saturated heterocycles. The molecule has 0 bridgehead atoms. The first-order chi connectivity index (χ1) is 10.1. The van der Waals surface area contributed by atoms with E-state index in [1.165, 1.54) is 0 Å². The van der Waals surface area contributed by atoms with Crippen LogP contribution in [0, 0.1) is 0 Å².